The lowest BCUT2D eigenvalue weighted by molar-refractivity contribution is 0.464. The number of nitrogens with zero attached hydrogens (tertiary/aromatic N) is 2. The van der Waals surface area contributed by atoms with Crippen molar-refractivity contribution >= 4 is 163 Å². The molecular formula is C56H36B3N3O3S3. The third-order valence-electron chi connectivity index (χ3n) is 15.0. The smallest absolute Gasteiger partial charge is 0.268 e. The molecule has 320 valence electrons. The third-order valence-corrected chi connectivity index (χ3v) is 18.2. The molecule has 6 aliphatic heterocycles. The van der Waals surface area contributed by atoms with Crippen molar-refractivity contribution in [3.05, 3.63) is 156 Å². The normalized spacial score (nSPS) is 14.6. The molecule has 0 amide bonds. The molecule has 0 saturated carbocycles. The molecule has 0 aliphatic carbocycles. The van der Waals surface area contributed by atoms with Crippen LogP contribution in [-0.2, 0) is 0 Å². The first-order chi connectivity index (χ1) is 33.4. The van der Waals surface area contributed by atoms with Gasteiger partial charge < -0.3 is 24.4 Å². The van der Waals surface area contributed by atoms with Crippen molar-refractivity contribution in [2.45, 2.75) is 20.8 Å². The fraction of sp³-hybridized carbons (Fsp3) is 0.0714. The molecule has 6 nitrogen and oxygen atoms in total. The average molecular weight is 928 g/mol. The predicted octanol–water partition coefficient (Wildman–Crippen LogP) is 9.48. The SMILES string of the molecule is CSN1c2cc3c(cc2B2c4sc5ccccc5c4Oc4cc(C)cc1c42)B1c2cc4c(cc2Oc2cc(C)cc(c21)O3)Nc1cc(C)cc2c1B4c1sc3ccccc3c1N2c1ccccc1. The van der Waals surface area contributed by atoms with Crippen LogP contribution in [0.5, 0.6) is 34.5 Å². The number of rotatable bonds is 2. The molecule has 0 spiro atoms. The lowest BCUT2D eigenvalue weighted by atomic mass is 9.31. The molecule has 6 aliphatic rings. The topological polar surface area (TPSA) is 46.2 Å². The van der Waals surface area contributed by atoms with E-state index in [1.165, 1.54) is 79.8 Å². The zero-order chi connectivity index (χ0) is 44.8. The van der Waals surface area contributed by atoms with Gasteiger partial charge in [0.15, 0.2) is 0 Å². The first-order valence-electron chi connectivity index (χ1n) is 23.2. The maximum atomic E-state index is 7.13. The maximum absolute atomic E-state index is 7.13. The molecule has 12 heteroatoms. The van der Waals surface area contributed by atoms with Gasteiger partial charge in [0.2, 0.25) is 0 Å². The number of anilines is 7. The van der Waals surface area contributed by atoms with Crippen LogP contribution < -0.4 is 76.5 Å². The summed E-state index contributed by atoms with van der Waals surface area (Å²) >= 11 is 5.51. The van der Waals surface area contributed by atoms with E-state index in [-0.39, 0.29) is 20.1 Å². The number of benzene rings is 8. The van der Waals surface area contributed by atoms with Crippen LogP contribution in [0.3, 0.4) is 0 Å². The summed E-state index contributed by atoms with van der Waals surface area (Å²) in [4.78, 5) is 2.51. The average Bonchev–Trinajstić information content (AvgIpc) is 3.91. The van der Waals surface area contributed by atoms with E-state index in [2.05, 4.69) is 181 Å². The monoisotopic (exact) mass is 927 g/mol. The van der Waals surface area contributed by atoms with Gasteiger partial charge in [-0.3, -0.25) is 4.31 Å². The first kappa shape index (κ1) is 38.0. The maximum Gasteiger partial charge on any atom is 0.268 e. The van der Waals surface area contributed by atoms with Crippen LogP contribution in [0.15, 0.2) is 140 Å². The first-order valence-corrected chi connectivity index (χ1v) is 26.0. The molecule has 0 unspecified atom stereocenters. The molecule has 0 fully saturated rings. The molecule has 0 bridgehead atoms. The number of aryl methyl sites for hydroxylation is 3. The van der Waals surface area contributed by atoms with E-state index in [0.717, 1.165) is 79.2 Å². The van der Waals surface area contributed by atoms with Gasteiger partial charge in [0.1, 0.15) is 34.5 Å². The van der Waals surface area contributed by atoms with Crippen LogP contribution in [0.25, 0.3) is 20.2 Å². The third kappa shape index (κ3) is 4.92. The van der Waals surface area contributed by atoms with Gasteiger partial charge in [-0.05, 0) is 149 Å². The van der Waals surface area contributed by atoms with E-state index in [1.54, 1.807) is 11.9 Å². The molecule has 68 heavy (non-hydrogen) atoms. The Kier molecular flexibility index (Phi) is 7.48. The summed E-state index contributed by atoms with van der Waals surface area (Å²) in [6.45, 7) is 6.35. The van der Waals surface area contributed by atoms with E-state index in [1.807, 2.05) is 22.7 Å². The minimum absolute atomic E-state index is 0.00150. The standard InChI is InChI=1S/C56H36B3N3O3S3/c1-28-18-39-50-41(19-28)61(31-12-6-5-7-13-31)53-32-14-8-10-16-48(32)67-55(53)58(50)34-24-36-43(26-38(34)60-39)63-46-22-30(3)23-47-52(46)57(36)37-25-35-40(27-44(37)64-47)62(66-4)42-20-29(2)21-45-51(42)59(35)56-54(65-45)33-15-9-11-17-49(33)68-56/h5-27,60H,1-4H3. The van der Waals surface area contributed by atoms with Crippen LogP contribution in [0.2, 0.25) is 0 Å². The predicted molar refractivity (Wildman–Crippen MR) is 291 cm³/mol. The quantitative estimate of drug-likeness (QED) is 0.137. The minimum Gasteiger partial charge on any atom is -0.458 e. The number of fused-ring (bicyclic) bond motifs is 16. The van der Waals surface area contributed by atoms with Crippen LogP contribution in [0, 0.1) is 20.8 Å². The fourth-order valence-electron chi connectivity index (χ4n) is 12.4. The highest BCUT2D eigenvalue weighted by atomic mass is 32.2. The highest BCUT2D eigenvalue weighted by molar-refractivity contribution is 8.00. The number of thiophene rings is 2. The largest absolute Gasteiger partial charge is 0.458 e. The second kappa shape index (κ2) is 13.4. The molecule has 10 aromatic rings. The molecular weight excluding hydrogens is 891 g/mol. The summed E-state index contributed by atoms with van der Waals surface area (Å²) in [5.41, 5.74) is 20.1. The summed E-state index contributed by atoms with van der Waals surface area (Å²) < 4.78 is 28.7. The Labute approximate surface area is 406 Å². The molecule has 8 heterocycles. The number of hydrogen-bond donors (Lipinski definition) is 1. The number of para-hydroxylation sites is 1. The summed E-state index contributed by atoms with van der Waals surface area (Å²) in [5, 5.41) is 6.43. The zero-order valence-corrected chi connectivity index (χ0v) is 39.8. The Hall–Kier alpha value is -6.98. The van der Waals surface area contributed by atoms with Crippen molar-refractivity contribution in [1.29, 1.82) is 0 Å². The second-order valence-corrected chi connectivity index (χ2v) is 21.9. The fourth-order valence-corrected chi connectivity index (χ4v) is 15.7. The molecule has 0 radical (unpaired) electrons. The summed E-state index contributed by atoms with van der Waals surface area (Å²) in [5.74, 6) is 5.37. The van der Waals surface area contributed by atoms with Crippen LogP contribution in [0.1, 0.15) is 16.7 Å². The molecule has 0 saturated heterocycles. The highest BCUT2D eigenvalue weighted by Gasteiger charge is 2.49. The minimum atomic E-state index is -0.141. The molecule has 16 rings (SSSR count). The lowest BCUT2D eigenvalue weighted by Gasteiger charge is -2.41. The van der Waals surface area contributed by atoms with E-state index in [0.29, 0.717) is 0 Å². The number of hydrogen-bond acceptors (Lipinski definition) is 9. The van der Waals surface area contributed by atoms with Crippen LogP contribution in [-0.4, -0.2) is 26.4 Å². The van der Waals surface area contributed by atoms with E-state index < -0.39 is 0 Å². The summed E-state index contributed by atoms with van der Waals surface area (Å²) in [6.07, 6.45) is 2.17. The lowest BCUT2D eigenvalue weighted by Crippen LogP contribution is -2.64. The van der Waals surface area contributed by atoms with Crippen molar-refractivity contribution in [3.8, 4) is 34.5 Å². The van der Waals surface area contributed by atoms with E-state index in [9.17, 15) is 0 Å². The molecule has 8 aromatic carbocycles. The number of nitrogens with one attached hydrogen (secondary N) is 1. The van der Waals surface area contributed by atoms with E-state index >= 15 is 0 Å². The Bertz CT molecular complexity index is 3960. The van der Waals surface area contributed by atoms with Crippen LogP contribution in [0.4, 0.5) is 39.8 Å². The van der Waals surface area contributed by atoms with E-state index in [4.69, 9.17) is 14.2 Å². The Morgan fingerprint density at radius 2 is 1.10 bits per heavy atom. The van der Waals surface area contributed by atoms with Gasteiger partial charge in [-0.2, -0.15) is 0 Å². The Morgan fingerprint density at radius 1 is 0.485 bits per heavy atom. The van der Waals surface area contributed by atoms with Gasteiger partial charge in [0, 0.05) is 76.3 Å². The van der Waals surface area contributed by atoms with Crippen molar-refractivity contribution < 1.29 is 14.2 Å². The molecule has 1 N–H and O–H groups in total. The van der Waals surface area contributed by atoms with Gasteiger partial charge >= 0.3 is 0 Å². The second-order valence-electron chi connectivity index (χ2n) is 19.0. The van der Waals surface area contributed by atoms with Gasteiger partial charge in [-0.25, -0.2) is 0 Å². The van der Waals surface area contributed by atoms with Crippen molar-refractivity contribution in [2.24, 2.45) is 0 Å². The van der Waals surface area contributed by atoms with Gasteiger partial charge in [0.25, 0.3) is 20.1 Å². The van der Waals surface area contributed by atoms with Crippen molar-refractivity contribution in [3.63, 3.8) is 0 Å². The summed E-state index contributed by atoms with van der Waals surface area (Å²) in [7, 11) is 0. The van der Waals surface area contributed by atoms with Gasteiger partial charge in [-0.15, -0.1) is 22.7 Å². The highest BCUT2D eigenvalue weighted by Crippen LogP contribution is 2.48. The summed E-state index contributed by atoms with van der Waals surface area (Å²) in [6, 6.07) is 51.7. The van der Waals surface area contributed by atoms with Crippen molar-refractivity contribution in [2.75, 3.05) is 20.8 Å². The van der Waals surface area contributed by atoms with Crippen LogP contribution >= 0.6 is 34.6 Å². The van der Waals surface area contributed by atoms with Crippen molar-refractivity contribution in [1.82, 2.24) is 0 Å². The van der Waals surface area contributed by atoms with Gasteiger partial charge in [0.05, 0.1) is 17.1 Å². The Balaban J connectivity index is 0.946. The molecule has 2 aromatic heterocycles. The molecule has 0 atom stereocenters. The number of ether oxygens (including phenoxy) is 3. The zero-order valence-electron chi connectivity index (χ0n) is 37.4. The Morgan fingerprint density at radius 3 is 1.88 bits per heavy atom. The van der Waals surface area contributed by atoms with Gasteiger partial charge in [-0.1, -0.05) is 60.7 Å².